The van der Waals surface area contributed by atoms with Gasteiger partial charge in [0.05, 0.1) is 4.90 Å². The number of benzene rings is 1. The summed E-state index contributed by atoms with van der Waals surface area (Å²) in [4.78, 5) is 14.6. The maximum atomic E-state index is 12.7. The van der Waals surface area contributed by atoms with Crippen LogP contribution in [-0.4, -0.2) is 33.5 Å². The number of hydrogen-bond acceptors (Lipinski definition) is 4. The summed E-state index contributed by atoms with van der Waals surface area (Å²) in [6.07, 6.45) is 4.28. The van der Waals surface area contributed by atoms with Gasteiger partial charge in [-0.15, -0.1) is 0 Å². The van der Waals surface area contributed by atoms with Crippen LogP contribution in [0.5, 0.6) is 0 Å². The predicted molar refractivity (Wildman–Crippen MR) is 93.3 cm³/mol. The highest BCUT2D eigenvalue weighted by molar-refractivity contribution is 7.89. The zero-order chi connectivity index (χ0) is 17.3. The number of anilines is 1. The first-order valence-electron chi connectivity index (χ1n) is 8.61. The highest BCUT2D eigenvalue weighted by Crippen LogP contribution is 2.33. The number of hydrogen-bond donors (Lipinski definition) is 2. The van der Waals surface area contributed by atoms with E-state index in [0.29, 0.717) is 19.5 Å². The molecule has 0 unspecified atom stereocenters. The highest BCUT2D eigenvalue weighted by atomic mass is 32.2. The molecule has 6 nitrogen and oxygen atoms in total. The number of carbonyl (C=O) groups is 1. The maximum absolute atomic E-state index is 12.7. The summed E-state index contributed by atoms with van der Waals surface area (Å²) in [5.41, 5.74) is 7.83. The molecule has 0 spiro atoms. The molecule has 1 amide bonds. The van der Waals surface area contributed by atoms with Crippen molar-refractivity contribution in [2.75, 3.05) is 18.0 Å². The Morgan fingerprint density at radius 1 is 1.38 bits per heavy atom. The Morgan fingerprint density at radius 3 is 2.83 bits per heavy atom. The molecule has 0 radical (unpaired) electrons. The van der Waals surface area contributed by atoms with Gasteiger partial charge in [-0.2, -0.15) is 0 Å². The first-order chi connectivity index (χ1) is 11.4. The number of nitrogens with zero attached hydrogens (tertiary/aromatic N) is 1. The second-order valence-corrected chi connectivity index (χ2v) is 8.41. The minimum Gasteiger partial charge on any atom is -0.327 e. The average molecular weight is 351 g/mol. The summed E-state index contributed by atoms with van der Waals surface area (Å²) >= 11 is 0. The van der Waals surface area contributed by atoms with Crippen LogP contribution in [0.1, 0.15) is 38.2 Å². The fourth-order valence-electron chi connectivity index (χ4n) is 3.71. The van der Waals surface area contributed by atoms with E-state index in [9.17, 15) is 13.2 Å². The lowest BCUT2D eigenvalue weighted by atomic mass is 9.99. The molecular weight excluding hydrogens is 326 g/mol. The van der Waals surface area contributed by atoms with Crippen LogP contribution < -0.4 is 15.4 Å². The number of amides is 1. The van der Waals surface area contributed by atoms with Crippen LogP contribution in [0.3, 0.4) is 0 Å². The van der Waals surface area contributed by atoms with Gasteiger partial charge in [0, 0.05) is 31.2 Å². The highest BCUT2D eigenvalue weighted by Gasteiger charge is 2.31. The molecule has 2 aliphatic rings. The molecule has 3 rings (SSSR count). The second kappa shape index (κ2) is 6.82. The summed E-state index contributed by atoms with van der Waals surface area (Å²) in [5.74, 6) is 0.296. The van der Waals surface area contributed by atoms with E-state index in [4.69, 9.17) is 5.73 Å². The van der Waals surface area contributed by atoms with Crippen LogP contribution in [-0.2, 0) is 21.2 Å². The van der Waals surface area contributed by atoms with Crippen molar-refractivity contribution in [2.45, 2.75) is 50.0 Å². The topological polar surface area (TPSA) is 92.5 Å². The lowest BCUT2D eigenvalue weighted by Gasteiger charge is -2.22. The van der Waals surface area contributed by atoms with E-state index in [1.807, 2.05) is 6.07 Å². The minimum atomic E-state index is -3.52. The van der Waals surface area contributed by atoms with Gasteiger partial charge in [-0.3, -0.25) is 4.79 Å². The summed E-state index contributed by atoms with van der Waals surface area (Å²) < 4.78 is 26.9. The Morgan fingerprint density at radius 2 is 2.17 bits per heavy atom. The van der Waals surface area contributed by atoms with Gasteiger partial charge < -0.3 is 10.6 Å². The number of carbonyl (C=O) groups excluding carboxylic acids is 1. The first kappa shape index (κ1) is 17.4. The molecule has 0 aromatic heterocycles. The standard InChI is InChI=1S/C17H25N3O3S/c1-2-19-24(22,23)14-7-6-12-8-9-20(16(12)11-14)17(21)10-13-4-3-5-15(13)18/h6-7,11,13,15,19H,2-5,8-10,18H2,1H3/t13-,15+/m0/s1. The molecule has 1 saturated carbocycles. The van der Waals surface area contributed by atoms with Crippen molar-refractivity contribution < 1.29 is 13.2 Å². The van der Waals surface area contributed by atoms with Crippen molar-refractivity contribution in [3.63, 3.8) is 0 Å². The van der Waals surface area contributed by atoms with Crippen LogP contribution in [0.4, 0.5) is 5.69 Å². The third-order valence-corrected chi connectivity index (χ3v) is 6.60. The molecule has 1 aliphatic carbocycles. The monoisotopic (exact) mass is 351 g/mol. The molecule has 2 atom stereocenters. The van der Waals surface area contributed by atoms with Crippen molar-refractivity contribution in [2.24, 2.45) is 11.7 Å². The van der Waals surface area contributed by atoms with E-state index < -0.39 is 10.0 Å². The largest absolute Gasteiger partial charge is 0.327 e. The second-order valence-electron chi connectivity index (χ2n) is 6.65. The first-order valence-corrected chi connectivity index (χ1v) is 10.1. The van der Waals surface area contributed by atoms with E-state index in [-0.39, 0.29) is 22.8 Å². The number of nitrogens with one attached hydrogen (secondary N) is 1. The normalized spacial score (nSPS) is 23.5. The number of rotatable bonds is 5. The van der Waals surface area contributed by atoms with Crippen molar-refractivity contribution >= 4 is 21.6 Å². The Kier molecular flexibility index (Phi) is 4.94. The van der Waals surface area contributed by atoms with Gasteiger partial charge in [0.2, 0.25) is 15.9 Å². The Bertz CT molecular complexity index is 733. The van der Waals surface area contributed by atoms with E-state index in [2.05, 4.69) is 4.72 Å². The van der Waals surface area contributed by atoms with Crippen LogP contribution in [0.25, 0.3) is 0 Å². The van der Waals surface area contributed by atoms with Crippen molar-refractivity contribution in [1.82, 2.24) is 4.72 Å². The fraction of sp³-hybridized carbons (Fsp3) is 0.588. The zero-order valence-electron chi connectivity index (χ0n) is 14.0. The van der Waals surface area contributed by atoms with Gasteiger partial charge in [-0.05, 0) is 42.9 Å². The van der Waals surface area contributed by atoms with E-state index in [1.165, 1.54) is 0 Å². The zero-order valence-corrected chi connectivity index (χ0v) is 14.8. The van der Waals surface area contributed by atoms with Gasteiger partial charge in [0.1, 0.15) is 0 Å². The number of sulfonamides is 1. The molecule has 7 heteroatoms. The number of fused-ring (bicyclic) bond motifs is 1. The Balaban J connectivity index is 1.81. The Hall–Kier alpha value is -1.44. The predicted octanol–water partition coefficient (Wildman–Crippen LogP) is 1.39. The summed E-state index contributed by atoms with van der Waals surface area (Å²) in [6.45, 7) is 2.69. The molecule has 3 N–H and O–H groups in total. The SMILES string of the molecule is CCNS(=O)(=O)c1ccc2c(c1)N(C(=O)C[C@@H]1CCC[C@H]1N)CC2. The van der Waals surface area contributed by atoms with E-state index >= 15 is 0 Å². The average Bonchev–Trinajstić information content (AvgIpc) is 3.13. The summed E-state index contributed by atoms with van der Waals surface area (Å²) in [6, 6.07) is 5.15. The molecule has 1 aliphatic heterocycles. The third kappa shape index (κ3) is 3.34. The number of nitrogens with two attached hydrogens (primary N) is 1. The fourth-order valence-corrected chi connectivity index (χ4v) is 4.77. The molecule has 1 fully saturated rings. The Labute approximate surface area is 143 Å². The quantitative estimate of drug-likeness (QED) is 0.838. The maximum Gasteiger partial charge on any atom is 0.240 e. The van der Waals surface area contributed by atoms with Crippen LogP contribution in [0, 0.1) is 5.92 Å². The molecule has 0 bridgehead atoms. The van der Waals surface area contributed by atoms with Gasteiger partial charge in [-0.1, -0.05) is 19.4 Å². The van der Waals surface area contributed by atoms with E-state index in [1.54, 1.807) is 24.0 Å². The van der Waals surface area contributed by atoms with Gasteiger partial charge in [0.15, 0.2) is 0 Å². The summed E-state index contributed by atoms with van der Waals surface area (Å²) in [7, 11) is -3.52. The molecule has 132 valence electrons. The molecule has 1 aromatic carbocycles. The van der Waals surface area contributed by atoms with E-state index in [0.717, 1.165) is 36.9 Å². The molecule has 0 saturated heterocycles. The van der Waals surface area contributed by atoms with Crippen molar-refractivity contribution in [3.8, 4) is 0 Å². The summed E-state index contributed by atoms with van der Waals surface area (Å²) in [5, 5.41) is 0. The lowest BCUT2D eigenvalue weighted by Crippen LogP contribution is -2.34. The lowest BCUT2D eigenvalue weighted by molar-refractivity contribution is -0.119. The molecule has 24 heavy (non-hydrogen) atoms. The molecular formula is C17H25N3O3S. The third-order valence-electron chi connectivity index (χ3n) is 5.05. The van der Waals surface area contributed by atoms with Crippen molar-refractivity contribution in [3.05, 3.63) is 23.8 Å². The van der Waals surface area contributed by atoms with Gasteiger partial charge in [0.25, 0.3) is 0 Å². The molecule has 1 aromatic rings. The minimum absolute atomic E-state index is 0.0501. The van der Waals surface area contributed by atoms with Gasteiger partial charge in [-0.25, -0.2) is 13.1 Å². The van der Waals surface area contributed by atoms with Crippen LogP contribution >= 0.6 is 0 Å². The van der Waals surface area contributed by atoms with Crippen molar-refractivity contribution in [1.29, 1.82) is 0 Å². The van der Waals surface area contributed by atoms with Gasteiger partial charge >= 0.3 is 0 Å². The van der Waals surface area contributed by atoms with Crippen LogP contribution in [0.15, 0.2) is 23.1 Å². The smallest absolute Gasteiger partial charge is 0.240 e. The molecule has 1 heterocycles. The van der Waals surface area contributed by atoms with Crippen LogP contribution in [0.2, 0.25) is 0 Å².